The van der Waals surface area contributed by atoms with Crippen molar-refractivity contribution in [3.63, 3.8) is 0 Å². The maximum absolute atomic E-state index is 11.3. The lowest BCUT2D eigenvalue weighted by molar-refractivity contribution is -0.116. The zero-order valence-electron chi connectivity index (χ0n) is 7.96. The van der Waals surface area contributed by atoms with Crippen molar-refractivity contribution in [1.29, 1.82) is 0 Å². The van der Waals surface area contributed by atoms with Gasteiger partial charge in [0, 0.05) is 18.3 Å². The SMILES string of the molecule is CC(=O)N1CCCc2cc(C)sc21. The van der Waals surface area contributed by atoms with E-state index in [0.717, 1.165) is 19.4 Å². The molecule has 1 amide bonds. The molecule has 2 heterocycles. The molecular weight excluding hydrogens is 182 g/mol. The lowest BCUT2D eigenvalue weighted by Gasteiger charge is -2.25. The zero-order chi connectivity index (χ0) is 9.42. The highest BCUT2D eigenvalue weighted by Crippen LogP contribution is 2.35. The van der Waals surface area contributed by atoms with Crippen molar-refractivity contribution in [3.8, 4) is 0 Å². The number of amides is 1. The van der Waals surface area contributed by atoms with Crippen molar-refractivity contribution in [1.82, 2.24) is 0 Å². The van der Waals surface area contributed by atoms with Gasteiger partial charge in [-0.05, 0) is 31.4 Å². The van der Waals surface area contributed by atoms with E-state index in [9.17, 15) is 4.79 Å². The lowest BCUT2D eigenvalue weighted by atomic mass is 10.1. The maximum atomic E-state index is 11.3. The van der Waals surface area contributed by atoms with Crippen LogP contribution in [0.4, 0.5) is 5.00 Å². The van der Waals surface area contributed by atoms with Crippen LogP contribution in [0.3, 0.4) is 0 Å². The van der Waals surface area contributed by atoms with Crippen LogP contribution in [0.25, 0.3) is 0 Å². The third kappa shape index (κ3) is 1.48. The summed E-state index contributed by atoms with van der Waals surface area (Å²) in [6.07, 6.45) is 2.23. The average molecular weight is 195 g/mol. The molecule has 2 nitrogen and oxygen atoms in total. The molecule has 0 fully saturated rings. The van der Waals surface area contributed by atoms with Gasteiger partial charge in [0.2, 0.25) is 5.91 Å². The van der Waals surface area contributed by atoms with Gasteiger partial charge in [0.1, 0.15) is 5.00 Å². The number of anilines is 1. The highest BCUT2D eigenvalue weighted by atomic mass is 32.1. The highest BCUT2D eigenvalue weighted by Gasteiger charge is 2.21. The summed E-state index contributed by atoms with van der Waals surface area (Å²) >= 11 is 1.73. The fourth-order valence-electron chi connectivity index (χ4n) is 1.79. The Morgan fingerprint density at radius 3 is 3.08 bits per heavy atom. The minimum absolute atomic E-state index is 0.169. The van der Waals surface area contributed by atoms with Crippen molar-refractivity contribution in [3.05, 3.63) is 16.5 Å². The van der Waals surface area contributed by atoms with Crippen molar-refractivity contribution in [2.75, 3.05) is 11.4 Å². The van der Waals surface area contributed by atoms with Crippen molar-refractivity contribution in [2.45, 2.75) is 26.7 Å². The second kappa shape index (κ2) is 3.14. The molecule has 0 N–H and O–H groups in total. The van der Waals surface area contributed by atoms with Gasteiger partial charge in [-0.2, -0.15) is 0 Å². The molecule has 0 unspecified atom stereocenters. The van der Waals surface area contributed by atoms with Crippen LogP contribution in [0.15, 0.2) is 6.07 Å². The molecule has 0 aliphatic carbocycles. The molecule has 1 aliphatic heterocycles. The summed E-state index contributed by atoms with van der Waals surface area (Å²) in [4.78, 5) is 14.5. The van der Waals surface area contributed by atoms with Gasteiger partial charge < -0.3 is 4.90 Å². The summed E-state index contributed by atoms with van der Waals surface area (Å²) in [5.41, 5.74) is 1.35. The van der Waals surface area contributed by atoms with Crippen LogP contribution >= 0.6 is 11.3 Å². The first-order valence-electron chi connectivity index (χ1n) is 4.56. The van der Waals surface area contributed by atoms with Crippen LogP contribution in [0.2, 0.25) is 0 Å². The summed E-state index contributed by atoms with van der Waals surface area (Å²) in [5, 5.41) is 1.18. The fourth-order valence-corrected chi connectivity index (χ4v) is 2.92. The van der Waals surface area contributed by atoms with Gasteiger partial charge in [0.15, 0.2) is 0 Å². The molecule has 1 aromatic heterocycles. The maximum Gasteiger partial charge on any atom is 0.224 e. The monoisotopic (exact) mass is 195 g/mol. The molecule has 0 saturated heterocycles. The van der Waals surface area contributed by atoms with Crippen LogP contribution < -0.4 is 4.90 Å². The number of carbonyl (C=O) groups excluding carboxylic acids is 1. The van der Waals surface area contributed by atoms with Gasteiger partial charge in [-0.15, -0.1) is 11.3 Å². The Bertz CT molecular complexity index is 343. The Morgan fingerprint density at radius 1 is 1.62 bits per heavy atom. The first-order chi connectivity index (χ1) is 6.18. The van der Waals surface area contributed by atoms with Crippen LogP contribution in [-0.2, 0) is 11.2 Å². The van der Waals surface area contributed by atoms with Crippen LogP contribution in [0, 0.1) is 6.92 Å². The Morgan fingerprint density at radius 2 is 2.38 bits per heavy atom. The number of fused-ring (bicyclic) bond motifs is 1. The Kier molecular flexibility index (Phi) is 2.12. The van der Waals surface area contributed by atoms with E-state index in [4.69, 9.17) is 0 Å². The van der Waals surface area contributed by atoms with E-state index in [-0.39, 0.29) is 5.91 Å². The molecule has 13 heavy (non-hydrogen) atoms. The first-order valence-corrected chi connectivity index (χ1v) is 5.37. The zero-order valence-corrected chi connectivity index (χ0v) is 8.78. The molecule has 3 heteroatoms. The van der Waals surface area contributed by atoms with Gasteiger partial charge in [-0.1, -0.05) is 0 Å². The second-order valence-electron chi connectivity index (χ2n) is 3.46. The van der Waals surface area contributed by atoms with Crippen molar-refractivity contribution >= 4 is 22.2 Å². The van der Waals surface area contributed by atoms with E-state index in [0.29, 0.717) is 0 Å². The number of aryl methyl sites for hydroxylation is 2. The molecule has 0 saturated carbocycles. The first kappa shape index (κ1) is 8.75. The van der Waals surface area contributed by atoms with Crippen molar-refractivity contribution < 1.29 is 4.79 Å². The van der Waals surface area contributed by atoms with E-state index in [1.807, 2.05) is 4.90 Å². The number of thiophene rings is 1. The van der Waals surface area contributed by atoms with Crippen LogP contribution in [-0.4, -0.2) is 12.5 Å². The van der Waals surface area contributed by atoms with Crippen molar-refractivity contribution in [2.24, 2.45) is 0 Å². The molecule has 1 aromatic rings. The van der Waals surface area contributed by atoms with Gasteiger partial charge in [0.05, 0.1) is 0 Å². The number of nitrogens with zero attached hydrogens (tertiary/aromatic N) is 1. The van der Waals surface area contributed by atoms with Gasteiger partial charge in [-0.3, -0.25) is 4.79 Å². The smallest absolute Gasteiger partial charge is 0.224 e. The molecule has 0 aromatic carbocycles. The Hall–Kier alpha value is -0.830. The minimum atomic E-state index is 0.169. The summed E-state index contributed by atoms with van der Waals surface area (Å²) in [6.45, 7) is 4.63. The minimum Gasteiger partial charge on any atom is -0.304 e. The van der Waals surface area contributed by atoms with Gasteiger partial charge >= 0.3 is 0 Å². The summed E-state index contributed by atoms with van der Waals surface area (Å²) in [7, 11) is 0. The quantitative estimate of drug-likeness (QED) is 0.622. The number of rotatable bonds is 0. The molecule has 0 atom stereocenters. The molecule has 70 valence electrons. The standard InChI is InChI=1S/C10H13NOS/c1-7-6-9-4-3-5-11(8(2)12)10(9)13-7/h6H,3-5H2,1-2H3. The van der Waals surface area contributed by atoms with Crippen LogP contribution in [0.5, 0.6) is 0 Å². The molecule has 0 radical (unpaired) electrons. The predicted octanol–water partition coefficient (Wildman–Crippen LogP) is 2.36. The summed E-state index contributed by atoms with van der Waals surface area (Å²) in [5.74, 6) is 0.169. The molecule has 0 spiro atoms. The van der Waals surface area contributed by atoms with Gasteiger partial charge in [0.25, 0.3) is 0 Å². The Balaban J connectivity index is 2.41. The third-order valence-corrected chi connectivity index (χ3v) is 3.48. The molecule has 1 aliphatic rings. The predicted molar refractivity (Wildman–Crippen MR) is 55.4 cm³/mol. The molecule has 2 rings (SSSR count). The van der Waals surface area contributed by atoms with E-state index >= 15 is 0 Å². The highest BCUT2D eigenvalue weighted by molar-refractivity contribution is 7.16. The number of hydrogen-bond donors (Lipinski definition) is 0. The average Bonchev–Trinajstić information content (AvgIpc) is 2.43. The van der Waals surface area contributed by atoms with E-state index in [1.165, 1.54) is 15.4 Å². The van der Waals surface area contributed by atoms with E-state index in [1.54, 1.807) is 18.3 Å². The lowest BCUT2D eigenvalue weighted by Crippen LogP contribution is -2.32. The normalized spacial score (nSPS) is 15.7. The summed E-state index contributed by atoms with van der Waals surface area (Å²) < 4.78 is 0. The third-order valence-electron chi connectivity index (χ3n) is 2.36. The topological polar surface area (TPSA) is 20.3 Å². The van der Waals surface area contributed by atoms with Crippen LogP contribution in [0.1, 0.15) is 23.8 Å². The fraction of sp³-hybridized carbons (Fsp3) is 0.500. The van der Waals surface area contributed by atoms with Gasteiger partial charge in [-0.25, -0.2) is 0 Å². The molecule has 0 bridgehead atoms. The Labute approximate surface area is 82.2 Å². The largest absolute Gasteiger partial charge is 0.304 e. The molecular formula is C10H13NOS. The van der Waals surface area contributed by atoms with E-state index < -0.39 is 0 Å². The number of carbonyl (C=O) groups is 1. The van der Waals surface area contributed by atoms with E-state index in [2.05, 4.69) is 13.0 Å². The second-order valence-corrected chi connectivity index (χ2v) is 4.70. The summed E-state index contributed by atoms with van der Waals surface area (Å²) in [6, 6.07) is 2.20. The number of hydrogen-bond acceptors (Lipinski definition) is 2.